The number of ketones is 1. The molecule has 1 aromatic rings. The van der Waals surface area contributed by atoms with Crippen molar-refractivity contribution < 1.29 is 9.59 Å². The Labute approximate surface area is 184 Å². The molecule has 0 saturated heterocycles. The molecule has 0 aromatic heterocycles. The van der Waals surface area contributed by atoms with Crippen LogP contribution < -0.4 is 5.32 Å². The number of fused-ring (bicyclic) bond motifs is 5. The summed E-state index contributed by atoms with van der Waals surface area (Å²) >= 11 is 6.28. The fourth-order valence-corrected chi connectivity index (χ4v) is 7.96. The number of anilines is 1. The lowest BCUT2D eigenvalue weighted by atomic mass is 9.47. The molecule has 4 heteroatoms. The maximum Gasteiger partial charge on any atom is 0.228 e. The number of para-hydroxylation sites is 1. The Kier molecular flexibility index (Phi) is 4.89. The Hall–Kier alpha value is -1.61. The van der Waals surface area contributed by atoms with Gasteiger partial charge in [0, 0.05) is 12.3 Å². The van der Waals surface area contributed by atoms with Crippen LogP contribution in [0.1, 0.15) is 65.2 Å². The van der Waals surface area contributed by atoms with Gasteiger partial charge in [-0.25, -0.2) is 0 Å². The Bertz CT molecular complexity index is 923. The third kappa shape index (κ3) is 2.99. The van der Waals surface area contributed by atoms with Crippen molar-refractivity contribution in [3.63, 3.8) is 0 Å². The maximum absolute atomic E-state index is 13.3. The fraction of sp³-hybridized carbons (Fsp3) is 0.615. The van der Waals surface area contributed by atoms with E-state index in [1.165, 1.54) is 18.4 Å². The number of allylic oxidation sites excluding steroid dienone is 1. The number of carbonyl (C=O) groups is 2. The van der Waals surface area contributed by atoms with Gasteiger partial charge < -0.3 is 5.32 Å². The number of hydrogen-bond donors (Lipinski definition) is 1. The summed E-state index contributed by atoms with van der Waals surface area (Å²) in [6.07, 6.45) is 10.3. The minimum Gasteiger partial charge on any atom is -0.325 e. The van der Waals surface area contributed by atoms with Gasteiger partial charge in [-0.3, -0.25) is 9.59 Å². The lowest BCUT2D eigenvalue weighted by Crippen LogP contribution is -2.51. The van der Waals surface area contributed by atoms with E-state index < -0.39 is 0 Å². The van der Waals surface area contributed by atoms with Gasteiger partial charge in [-0.15, -0.1) is 0 Å². The molecule has 3 fully saturated rings. The summed E-state index contributed by atoms with van der Waals surface area (Å²) in [5.41, 5.74) is 2.39. The van der Waals surface area contributed by atoms with Crippen LogP contribution in [-0.4, -0.2) is 11.7 Å². The lowest BCUT2D eigenvalue weighted by molar-refractivity contribution is -0.127. The summed E-state index contributed by atoms with van der Waals surface area (Å²) in [5.74, 6) is 2.45. The molecule has 160 valence electrons. The van der Waals surface area contributed by atoms with Gasteiger partial charge in [0.1, 0.15) is 0 Å². The number of carbonyl (C=O) groups excluding carboxylic acids is 2. The quantitative estimate of drug-likeness (QED) is 0.593. The second kappa shape index (κ2) is 7.22. The Morgan fingerprint density at radius 1 is 1.03 bits per heavy atom. The van der Waals surface area contributed by atoms with Crippen LogP contribution in [0.5, 0.6) is 0 Å². The first-order chi connectivity index (χ1) is 14.3. The van der Waals surface area contributed by atoms with Gasteiger partial charge >= 0.3 is 0 Å². The van der Waals surface area contributed by atoms with Crippen LogP contribution in [0.4, 0.5) is 5.69 Å². The molecule has 1 aromatic carbocycles. The van der Waals surface area contributed by atoms with Crippen molar-refractivity contribution in [3.05, 3.63) is 40.9 Å². The van der Waals surface area contributed by atoms with E-state index in [-0.39, 0.29) is 22.7 Å². The molecule has 0 bridgehead atoms. The summed E-state index contributed by atoms with van der Waals surface area (Å²) in [7, 11) is 0. The van der Waals surface area contributed by atoms with Crippen LogP contribution in [-0.2, 0) is 9.59 Å². The Balaban J connectivity index is 1.38. The highest BCUT2D eigenvalue weighted by Crippen LogP contribution is 2.66. The highest BCUT2D eigenvalue weighted by atomic mass is 35.5. The summed E-state index contributed by atoms with van der Waals surface area (Å²) in [6.45, 7) is 4.79. The monoisotopic (exact) mass is 425 g/mol. The number of hydrogen-bond acceptors (Lipinski definition) is 2. The SMILES string of the molecule is C[C@]12CCC(=O)C=C1CCC1C2CC[C@@]2(C)C1CC[C@@H]2C(=O)Nc1ccccc1Cl. The predicted octanol–water partition coefficient (Wildman–Crippen LogP) is 6.43. The summed E-state index contributed by atoms with van der Waals surface area (Å²) in [4.78, 5) is 25.3. The molecule has 4 aliphatic rings. The topological polar surface area (TPSA) is 46.2 Å². The predicted molar refractivity (Wildman–Crippen MR) is 120 cm³/mol. The molecule has 1 N–H and O–H groups in total. The van der Waals surface area contributed by atoms with Crippen molar-refractivity contribution in [2.45, 2.75) is 65.2 Å². The lowest BCUT2D eigenvalue weighted by Gasteiger charge is -2.58. The van der Waals surface area contributed by atoms with Crippen LogP contribution >= 0.6 is 11.6 Å². The molecule has 1 amide bonds. The molecule has 30 heavy (non-hydrogen) atoms. The van der Waals surface area contributed by atoms with Crippen LogP contribution in [0.2, 0.25) is 5.02 Å². The van der Waals surface area contributed by atoms with E-state index in [1.54, 1.807) is 0 Å². The molecule has 3 unspecified atom stereocenters. The number of benzene rings is 1. The molecule has 0 heterocycles. The van der Waals surface area contributed by atoms with E-state index >= 15 is 0 Å². The van der Waals surface area contributed by atoms with Crippen molar-refractivity contribution in [1.29, 1.82) is 0 Å². The van der Waals surface area contributed by atoms with E-state index in [9.17, 15) is 9.59 Å². The second-order valence-electron chi connectivity index (χ2n) is 10.6. The van der Waals surface area contributed by atoms with Gasteiger partial charge in [0.05, 0.1) is 10.7 Å². The van der Waals surface area contributed by atoms with Gasteiger partial charge in [0.15, 0.2) is 5.78 Å². The molecule has 6 atom stereocenters. The second-order valence-corrected chi connectivity index (χ2v) is 11.0. The van der Waals surface area contributed by atoms with E-state index in [0.29, 0.717) is 35.0 Å². The molecular formula is C26H32ClNO2. The Morgan fingerprint density at radius 2 is 1.83 bits per heavy atom. The summed E-state index contributed by atoms with van der Waals surface area (Å²) in [5, 5.41) is 3.72. The molecular weight excluding hydrogens is 394 g/mol. The van der Waals surface area contributed by atoms with Crippen molar-refractivity contribution in [3.8, 4) is 0 Å². The third-order valence-electron chi connectivity index (χ3n) is 9.41. The van der Waals surface area contributed by atoms with E-state index in [4.69, 9.17) is 11.6 Å². The standard InChI is InChI=1S/C26H32ClNO2/c1-25-13-11-17(29)15-16(25)7-8-18-19-9-10-21(26(19,2)14-12-20(18)25)24(30)28-23-6-4-3-5-22(23)27/h3-6,15,18-21H,7-14H2,1-2H3,(H,28,30)/t18?,19?,20?,21-,25+,26+/m1/s1. The zero-order chi connectivity index (χ0) is 21.1. The highest BCUT2D eigenvalue weighted by Gasteiger charge is 2.60. The number of amides is 1. The highest BCUT2D eigenvalue weighted by molar-refractivity contribution is 6.33. The number of rotatable bonds is 2. The maximum atomic E-state index is 13.3. The molecule has 3 saturated carbocycles. The van der Waals surface area contributed by atoms with Gasteiger partial charge in [0.2, 0.25) is 5.91 Å². The molecule has 0 radical (unpaired) electrons. The van der Waals surface area contributed by atoms with Gasteiger partial charge in [-0.2, -0.15) is 0 Å². The van der Waals surface area contributed by atoms with Crippen molar-refractivity contribution in [2.24, 2.45) is 34.5 Å². The third-order valence-corrected chi connectivity index (χ3v) is 9.74. The summed E-state index contributed by atoms with van der Waals surface area (Å²) < 4.78 is 0. The number of halogens is 1. The molecule has 0 aliphatic heterocycles. The first kappa shape index (κ1) is 20.3. The van der Waals surface area contributed by atoms with Crippen LogP contribution in [0, 0.1) is 34.5 Å². The normalized spacial score (nSPS) is 40.1. The minimum absolute atomic E-state index is 0.0531. The Morgan fingerprint density at radius 3 is 2.63 bits per heavy atom. The molecule has 5 rings (SSSR count). The van der Waals surface area contributed by atoms with Crippen LogP contribution in [0.15, 0.2) is 35.9 Å². The fourth-order valence-electron chi connectivity index (χ4n) is 7.77. The average Bonchev–Trinajstić information content (AvgIpc) is 3.07. The zero-order valence-corrected chi connectivity index (χ0v) is 18.8. The van der Waals surface area contributed by atoms with E-state index in [1.807, 2.05) is 30.3 Å². The number of nitrogens with one attached hydrogen (secondary N) is 1. The van der Waals surface area contributed by atoms with Crippen molar-refractivity contribution in [2.75, 3.05) is 5.32 Å². The van der Waals surface area contributed by atoms with Crippen molar-refractivity contribution in [1.82, 2.24) is 0 Å². The summed E-state index contributed by atoms with van der Waals surface area (Å²) in [6, 6.07) is 7.50. The molecule has 0 spiro atoms. The van der Waals surface area contributed by atoms with Crippen LogP contribution in [0.25, 0.3) is 0 Å². The van der Waals surface area contributed by atoms with Gasteiger partial charge in [0.25, 0.3) is 0 Å². The first-order valence-electron chi connectivity index (χ1n) is 11.6. The first-order valence-corrected chi connectivity index (χ1v) is 12.0. The molecule has 4 aliphatic carbocycles. The zero-order valence-electron chi connectivity index (χ0n) is 18.0. The smallest absolute Gasteiger partial charge is 0.228 e. The van der Waals surface area contributed by atoms with Gasteiger partial charge in [-0.1, -0.05) is 43.2 Å². The van der Waals surface area contributed by atoms with E-state index in [2.05, 4.69) is 19.2 Å². The average molecular weight is 426 g/mol. The van der Waals surface area contributed by atoms with Gasteiger partial charge in [-0.05, 0) is 91.7 Å². The van der Waals surface area contributed by atoms with Crippen LogP contribution in [0.3, 0.4) is 0 Å². The largest absolute Gasteiger partial charge is 0.325 e. The minimum atomic E-state index is 0.0531. The molecule has 3 nitrogen and oxygen atoms in total. The van der Waals surface area contributed by atoms with Crippen molar-refractivity contribution >= 4 is 29.0 Å². The van der Waals surface area contributed by atoms with E-state index in [0.717, 1.165) is 37.8 Å².